The average Bonchev–Trinajstić information content (AvgIpc) is 3.04. The summed E-state index contributed by atoms with van der Waals surface area (Å²) >= 11 is 6.04. The Kier molecular flexibility index (Phi) is 4.89. The molecule has 0 aliphatic heterocycles. The van der Waals surface area contributed by atoms with Crippen molar-refractivity contribution in [1.29, 1.82) is 0 Å². The minimum Gasteiger partial charge on any atom is -0.294 e. The van der Waals surface area contributed by atoms with Crippen LogP contribution < -0.4 is 0 Å². The highest BCUT2D eigenvalue weighted by molar-refractivity contribution is 6.30. The molecule has 4 aliphatic rings. The molecular formula is C26H35ClO. The topological polar surface area (TPSA) is 17.1 Å². The largest absolute Gasteiger partial charge is 0.294 e. The Morgan fingerprint density at radius 2 is 1.68 bits per heavy atom. The van der Waals surface area contributed by atoms with Gasteiger partial charge in [0, 0.05) is 16.5 Å². The van der Waals surface area contributed by atoms with Gasteiger partial charge in [-0.3, -0.25) is 4.79 Å². The van der Waals surface area contributed by atoms with E-state index in [2.05, 4.69) is 13.8 Å². The molecule has 0 saturated heterocycles. The van der Waals surface area contributed by atoms with Gasteiger partial charge in [0.05, 0.1) is 0 Å². The van der Waals surface area contributed by atoms with Crippen molar-refractivity contribution in [2.24, 2.45) is 46.8 Å². The van der Waals surface area contributed by atoms with Crippen molar-refractivity contribution < 1.29 is 4.79 Å². The van der Waals surface area contributed by atoms with Crippen molar-refractivity contribution in [3.05, 3.63) is 34.9 Å². The Morgan fingerprint density at radius 1 is 0.929 bits per heavy atom. The highest BCUT2D eigenvalue weighted by Gasteiger charge is 2.58. The van der Waals surface area contributed by atoms with E-state index >= 15 is 0 Å². The van der Waals surface area contributed by atoms with Crippen LogP contribution in [0.1, 0.15) is 82.0 Å². The molecule has 0 spiro atoms. The molecule has 0 bridgehead atoms. The minimum atomic E-state index is 0.212. The number of halogens is 1. The molecule has 8 atom stereocenters. The van der Waals surface area contributed by atoms with Gasteiger partial charge in [-0.2, -0.15) is 0 Å². The molecule has 152 valence electrons. The van der Waals surface area contributed by atoms with Gasteiger partial charge in [0.25, 0.3) is 0 Å². The lowest BCUT2D eigenvalue weighted by molar-refractivity contribution is -0.0634. The van der Waals surface area contributed by atoms with Crippen LogP contribution in [0.25, 0.3) is 0 Å². The van der Waals surface area contributed by atoms with Gasteiger partial charge in [0.2, 0.25) is 0 Å². The summed E-state index contributed by atoms with van der Waals surface area (Å²) in [4.78, 5) is 13.4. The third-order valence-corrected chi connectivity index (χ3v) is 9.91. The summed E-state index contributed by atoms with van der Waals surface area (Å²) in [5.41, 5.74) is 1.08. The lowest BCUT2D eigenvalue weighted by Crippen LogP contribution is -2.49. The van der Waals surface area contributed by atoms with Crippen LogP contribution in [0.4, 0.5) is 0 Å². The van der Waals surface area contributed by atoms with Gasteiger partial charge >= 0.3 is 0 Å². The van der Waals surface area contributed by atoms with Crippen LogP contribution in [-0.4, -0.2) is 5.78 Å². The SMILES string of the molecule is CC1CCC2C(CCC3C2CCC2(C)C(C(=O)c4ccc(Cl)cc4)CCC32)C1. The highest BCUT2D eigenvalue weighted by Crippen LogP contribution is 2.64. The van der Waals surface area contributed by atoms with Gasteiger partial charge in [0.15, 0.2) is 5.78 Å². The van der Waals surface area contributed by atoms with Gasteiger partial charge in [-0.05, 0) is 117 Å². The molecule has 8 unspecified atom stereocenters. The van der Waals surface area contributed by atoms with E-state index in [1.165, 1.54) is 51.4 Å². The fourth-order valence-electron chi connectivity index (χ4n) is 8.33. The number of benzene rings is 1. The van der Waals surface area contributed by atoms with Crippen LogP contribution >= 0.6 is 11.6 Å². The zero-order chi connectivity index (χ0) is 19.5. The summed E-state index contributed by atoms with van der Waals surface area (Å²) in [6.45, 7) is 4.93. The first kappa shape index (κ1) is 19.2. The first-order chi connectivity index (χ1) is 13.5. The van der Waals surface area contributed by atoms with Crippen molar-refractivity contribution in [3.8, 4) is 0 Å². The van der Waals surface area contributed by atoms with E-state index in [0.717, 1.165) is 47.5 Å². The summed E-state index contributed by atoms with van der Waals surface area (Å²) in [6, 6.07) is 7.60. The number of Topliss-reactive ketones (excluding diaryl/α,β-unsaturated/α-hetero) is 1. The van der Waals surface area contributed by atoms with Crippen LogP contribution in [0.2, 0.25) is 5.02 Å². The third-order valence-electron chi connectivity index (χ3n) is 9.66. The molecule has 1 aromatic carbocycles. The summed E-state index contributed by atoms with van der Waals surface area (Å²) < 4.78 is 0. The van der Waals surface area contributed by atoms with Crippen molar-refractivity contribution >= 4 is 17.4 Å². The average molecular weight is 399 g/mol. The molecular weight excluding hydrogens is 364 g/mol. The number of rotatable bonds is 2. The van der Waals surface area contributed by atoms with Gasteiger partial charge < -0.3 is 0 Å². The van der Waals surface area contributed by atoms with Gasteiger partial charge in [-0.25, -0.2) is 0 Å². The number of hydrogen-bond donors (Lipinski definition) is 0. The summed E-state index contributed by atoms with van der Waals surface area (Å²) in [7, 11) is 0. The first-order valence-corrected chi connectivity index (χ1v) is 12.1. The smallest absolute Gasteiger partial charge is 0.166 e. The summed E-state index contributed by atoms with van der Waals surface area (Å²) in [5.74, 6) is 6.13. The zero-order valence-corrected chi connectivity index (χ0v) is 18.3. The Balaban J connectivity index is 1.37. The Hall–Kier alpha value is -0.820. The Bertz CT molecular complexity index is 739. The van der Waals surface area contributed by atoms with Crippen molar-refractivity contribution in [2.45, 2.75) is 71.6 Å². The molecule has 0 amide bonds. The maximum Gasteiger partial charge on any atom is 0.166 e. The molecule has 4 saturated carbocycles. The molecule has 4 fully saturated rings. The quantitative estimate of drug-likeness (QED) is 0.473. The molecule has 1 aromatic rings. The second-order valence-corrected chi connectivity index (χ2v) is 11.3. The number of hydrogen-bond acceptors (Lipinski definition) is 1. The maximum atomic E-state index is 13.4. The van der Waals surface area contributed by atoms with E-state index in [-0.39, 0.29) is 11.3 Å². The number of fused-ring (bicyclic) bond motifs is 5. The van der Waals surface area contributed by atoms with E-state index in [9.17, 15) is 4.79 Å². The fourth-order valence-corrected chi connectivity index (χ4v) is 8.46. The summed E-state index contributed by atoms with van der Waals surface area (Å²) in [6.07, 6.45) is 12.3. The van der Waals surface area contributed by atoms with E-state index in [1.54, 1.807) is 0 Å². The fraction of sp³-hybridized carbons (Fsp3) is 0.731. The Morgan fingerprint density at radius 3 is 2.46 bits per heavy atom. The molecule has 2 heteroatoms. The predicted molar refractivity (Wildman–Crippen MR) is 116 cm³/mol. The highest BCUT2D eigenvalue weighted by atomic mass is 35.5. The number of carbonyl (C=O) groups excluding carboxylic acids is 1. The van der Waals surface area contributed by atoms with E-state index < -0.39 is 0 Å². The molecule has 0 aromatic heterocycles. The van der Waals surface area contributed by atoms with E-state index in [1.807, 2.05) is 24.3 Å². The van der Waals surface area contributed by atoms with Crippen molar-refractivity contribution in [2.75, 3.05) is 0 Å². The maximum absolute atomic E-state index is 13.4. The van der Waals surface area contributed by atoms with Crippen LogP contribution in [0.15, 0.2) is 24.3 Å². The van der Waals surface area contributed by atoms with Crippen LogP contribution in [0, 0.1) is 46.8 Å². The second kappa shape index (κ2) is 7.15. The van der Waals surface area contributed by atoms with E-state index in [4.69, 9.17) is 11.6 Å². The normalized spacial score (nSPS) is 45.0. The molecule has 4 aliphatic carbocycles. The third kappa shape index (κ3) is 2.99. The van der Waals surface area contributed by atoms with Crippen LogP contribution in [0.3, 0.4) is 0 Å². The monoisotopic (exact) mass is 398 g/mol. The molecule has 28 heavy (non-hydrogen) atoms. The first-order valence-electron chi connectivity index (χ1n) is 11.8. The molecule has 0 radical (unpaired) electrons. The Labute approximate surface area is 175 Å². The molecule has 0 N–H and O–H groups in total. The summed E-state index contributed by atoms with van der Waals surface area (Å²) in [5, 5.41) is 0.714. The molecule has 5 rings (SSSR count). The molecule has 0 heterocycles. The van der Waals surface area contributed by atoms with Gasteiger partial charge in [0.1, 0.15) is 0 Å². The second-order valence-electron chi connectivity index (χ2n) is 10.9. The van der Waals surface area contributed by atoms with Crippen molar-refractivity contribution in [3.63, 3.8) is 0 Å². The zero-order valence-electron chi connectivity index (χ0n) is 17.5. The van der Waals surface area contributed by atoms with Gasteiger partial charge in [-0.15, -0.1) is 0 Å². The lowest BCUT2D eigenvalue weighted by Gasteiger charge is -2.56. The lowest BCUT2D eigenvalue weighted by atomic mass is 9.49. The standard InChI is InChI=1S/C26H35ClO/c1-16-3-9-20-18(15-16)6-10-22-21(20)13-14-26(2)23(22)11-12-24(26)25(28)17-4-7-19(27)8-5-17/h4-5,7-8,16,18,20-24H,3,6,9-15H2,1-2H3. The predicted octanol–water partition coefficient (Wildman–Crippen LogP) is 7.43. The van der Waals surface area contributed by atoms with Crippen LogP contribution in [-0.2, 0) is 0 Å². The number of ketones is 1. The minimum absolute atomic E-state index is 0.212. The van der Waals surface area contributed by atoms with E-state index in [0.29, 0.717) is 10.8 Å². The van der Waals surface area contributed by atoms with Gasteiger partial charge in [-0.1, -0.05) is 31.9 Å². The van der Waals surface area contributed by atoms with Crippen molar-refractivity contribution in [1.82, 2.24) is 0 Å². The number of carbonyl (C=O) groups is 1. The molecule has 1 nitrogen and oxygen atoms in total. The van der Waals surface area contributed by atoms with Crippen LogP contribution in [0.5, 0.6) is 0 Å².